The molecule has 0 radical (unpaired) electrons. The first-order valence-electron chi connectivity index (χ1n) is 9.14. The van der Waals surface area contributed by atoms with Gasteiger partial charge in [0.2, 0.25) is 5.91 Å². The van der Waals surface area contributed by atoms with Crippen LogP contribution in [-0.4, -0.2) is 39.5 Å². The van der Waals surface area contributed by atoms with Gasteiger partial charge in [0.1, 0.15) is 0 Å². The minimum absolute atomic E-state index is 0.152. The van der Waals surface area contributed by atoms with E-state index in [2.05, 4.69) is 29.8 Å². The van der Waals surface area contributed by atoms with Gasteiger partial charge in [-0.25, -0.2) is 0 Å². The molecule has 1 N–H and O–H groups in total. The second kappa shape index (κ2) is 7.72. The molecule has 1 aromatic heterocycles. The molecule has 25 heavy (non-hydrogen) atoms. The molecule has 3 rings (SSSR count). The number of likely N-dealkylation sites (tertiary alicyclic amines) is 1. The minimum Gasteiger partial charge on any atom is -0.481 e. The standard InChI is InChI=1S/C20H26N2O3/c1-2-21-14-16(17-7-3-4-8-18(17)21)12-19(23)22-11-5-6-15(13-22)9-10-20(24)25/h3-4,7-8,14-15H,2,5-6,9-13H2,1H3,(H,24,25). The molecule has 1 unspecified atom stereocenters. The number of para-hydroxylation sites is 1. The summed E-state index contributed by atoms with van der Waals surface area (Å²) in [5.41, 5.74) is 2.25. The minimum atomic E-state index is -0.754. The Morgan fingerprint density at radius 1 is 1.28 bits per heavy atom. The summed E-state index contributed by atoms with van der Waals surface area (Å²) < 4.78 is 2.18. The van der Waals surface area contributed by atoms with Crippen molar-refractivity contribution in [3.05, 3.63) is 36.0 Å². The first-order valence-corrected chi connectivity index (χ1v) is 9.14. The molecular weight excluding hydrogens is 316 g/mol. The highest BCUT2D eigenvalue weighted by molar-refractivity contribution is 5.89. The summed E-state index contributed by atoms with van der Waals surface area (Å²) in [6, 6.07) is 8.21. The summed E-state index contributed by atoms with van der Waals surface area (Å²) in [7, 11) is 0. The highest BCUT2D eigenvalue weighted by atomic mass is 16.4. The van der Waals surface area contributed by atoms with E-state index < -0.39 is 5.97 Å². The fourth-order valence-electron chi connectivity index (χ4n) is 3.85. The van der Waals surface area contributed by atoms with Gasteiger partial charge in [-0.3, -0.25) is 9.59 Å². The van der Waals surface area contributed by atoms with Crippen LogP contribution < -0.4 is 0 Å². The Balaban J connectivity index is 1.69. The average molecular weight is 342 g/mol. The number of aliphatic carboxylic acids is 1. The molecular formula is C20H26N2O3. The molecule has 5 heteroatoms. The van der Waals surface area contributed by atoms with Crippen LogP contribution in [-0.2, 0) is 22.6 Å². The molecule has 0 saturated carbocycles. The van der Waals surface area contributed by atoms with Crippen LogP contribution in [0.3, 0.4) is 0 Å². The van der Waals surface area contributed by atoms with Gasteiger partial charge in [0.25, 0.3) is 0 Å². The van der Waals surface area contributed by atoms with Gasteiger partial charge in [-0.05, 0) is 43.7 Å². The molecule has 1 aromatic carbocycles. The van der Waals surface area contributed by atoms with Crippen molar-refractivity contribution in [2.45, 2.75) is 45.6 Å². The maximum absolute atomic E-state index is 12.8. The molecule has 1 atom stereocenters. The van der Waals surface area contributed by atoms with Crippen molar-refractivity contribution in [1.82, 2.24) is 9.47 Å². The zero-order chi connectivity index (χ0) is 17.8. The summed E-state index contributed by atoms with van der Waals surface area (Å²) in [6.45, 7) is 4.47. The van der Waals surface area contributed by atoms with E-state index in [1.807, 2.05) is 17.0 Å². The Morgan fingerprint density at radius 3 is 2.84 bits per heavy atom. The number of nitrogens with zero attached hydrogens (tertiary/aromatic N) is 2. The zero-order valence-corrected chi connectivity index (χ0v) is 14.8. The predicted molar refractivity (Wildman–Crippen MR) is 97.5 cm³/mol. The summed E-state index contributed by atoms with van der Waals surface area (Å²) >= 11 is 0. The smallest absolute Gasteiger partial charge is 0.303 e. The summed E-state index contributed by atoms with van der Waals surface area (Å²) in [6.07, 6.45) is 5.34. The number of hydrogen-bond donors (Lipinski definition) is 1. The van der Waals surface area contributed by atoms with Crippen molar-refractivity contribution in [2.75, 3.05) is 13.1 Å². The van der Waals surface area contributed by atoms with E-state index in [9.17, 15) is 9.59 Å². The first kappa shape index (κ1) is 17.5. The molecule has 1 aliphatic rings. The van der Waals surface area contributed by atoms with Crippen LogP contribution in [0.1, 0.15) is 38.2 Å². The number of fused-ring (bicyclic) bond motifs is 1. The average Bonchev–Trinajstić information content (AvgIpc) is 2.98. The van der Waals surface area contributed by atoms with Gasteiger partial charge in [-0.15, -0.1) is 0 Å². The van der Waals surface area contributed by atoms with Crippen molar-refractivity contribution in [3.8, 4) is 0 Å². The Kier molecular flexibility index (Phi) is 5.41. The number of hydrogen-bond acceptors (Lipinski definition) is 2. The quantitative estimate of drug-likeness (QED) is 0.876. The van der Waals surface area contributed by atoms with E-state index in [0.717, 1.165) is 36.9 Å². The summed E-state index contributed by atoms with van der Waals surface area (Å²) in [5, 5.41) is 10.0. The van der Waals surface area contributed by atoms with Crippen molar-refractivity contribution < 1.29 is 14.7 Å². The maximum atomic E-state index is 12.8. The fraction of sp³-hybridized carbons (Fsp3) is 0.500. The monoisotopic (exact) mass is 342 g/mol. The topological polar surface area (TPSA) is 62.5 Å². The van der Waals surface area contributed by atoms with E-state index in [1.54, 1.807) is 0 Å². The van der Waals surface area contributed by atoms with E-state index in [-0.39, 0.29) is 12.3 Å². The molecule has 5 nitrogen and oxygen atoms in total. The number of carboxylic acid groups (broad SMARTS) is 1. The number of carbonyl (C=O) groups excluding carboxylic acids is 1. The lowest BCUT2D eigenvalue weighted by atomic mass is 9.93. The molecule has 134 valence electrons. The molecule has 1 fully saturated rings. The SMILES string of the molecule is CCn1cc(CC(=O)N2CCCC(CCC(=O)O)C2)c2ccccc21. The van der Waals surface area contributed by atoms with Gasteiger partial charge in [-0.1, -0.05) is 18.2 Å². The number of amides is 1. The largest absolute Gasteiger partial charge is 0.481 e. The number of benzene rings is 1. The molecule has 2 heterocycles. The Bertz CT molecular complexity index is 765. The molecule has 0 spiro atoms. The van der Waals surface area contributed by atoms with Gasteiger partial charge >= 0.3 is 5.97 Å². The zero-order valence-electron chi connectivity index (χ0n) is 14.8. The van der Waals surface area contributed by atoms with Gasteiger partial charge in [-0.2, -0.15) is 0 Å². The van der Waals surface area contributed by atoms with Crippen LogP contribution in [0.5, 0.6) is 0 Å². The molecule has 1 saturated heterocycles. The first-order chi connectivity index (χ1) is 12.1. The van der Waals surface area contributed by atoms with Crippen molar-refractivity contribution in [2.24, 2.45) is 5.92 Å². The number of aryl methyl sites for hydroxylation is 1. The second-order valence-corrected chi connectivity index (χ2v) is 6.91. The molecule has 1 amide bonds. The lowest BCUT2D eigenvalue weighted by Crippen LogP contribution is -2.40. The van der Waals surface area contributed by atoms with Crippen LogP contribution in [0.25, 0.3) is 10.9 Å². The molecule has 0 bridgehead atoms. The molecule has 0 aliphatic carbocycles. The van der Waals surface area contributed by atoms with E-state index in [1.165, 1.54) is 5.52 Å². The number of rotatable bonds is 6. The van der Waals surface area contributed by atoms with Crippen LogP contribution in [0.2, 0.25) is 0 Å². The third-order valence-electron chi connectivity index (χ3n) is 5.19. The highest BCUT2D eigenvalue weighted by Crippen LogP contribution is 2.25. The van der Waals surface area contributed by atoms with Gasteiger partial charge in [0.05, 0.1) is 6.42 Å². The van der Waals surface area contributed by atoms with Crippen molar-refractivity contribution in [3.63, 3.8) is 0 Å². The van der Waals surface area contributed by atoms with E-state index in [4.69, 9.17) is 5.11 Å². The van der Waals surface area contributed by atoms with Crippen LogP contribution in [0.4, 0.5) is 0 Å². The Labute approximate surface area is 148 Å². The lowest BCUT2D eigenvalue weighted by molar-refractivity contribution is -0.137. The maximum Gasteiger partial charge on any atom is 0.303 e. The van der Waals surface area contributed by atoms with Crippen molar-refractivity contribution in [1.29, 1.82) is 0 Å². The fourth-order valence-corrected chi connectivity index (χ4v) is 3.85. The number of aromatic nitrogens is 1. The number of carboxylic acids is 1. The van der Waals surface area contributed by atoms with E-state index in [0.29, 0.717) is 25.3 Å². The van der Waals surface area contributed by atoms with Gasteiger partial charge < -0.3 is 14.6 Å². The third-order valence-corrected chi connectivity index (χ3v) is 5.19. The summed E-state index contributed by atoms with van der Waals surface area (Å²) in [4.78, 5) is 25.5. The Morgan fingerprint density at radius 2 is 2.08 bits per heavy atom. The van der Waals surface area contributed by atoms with Gasteiger partial charge in [0, 0.05) is 43.2 Å². The predicted octanol–water partition coefficient (Wildman–Crippen LogP) is 3.31. The van der Waals surface area contributed by atoms with Crippen molar-refractivity contribution >= 4 is 22.8 Å². The number of piperidine rings is 1. The Hall–Kier alpha value is -2.30. The highest BCUT2D eigenvalue weighted by Gasteiger charge is 2.24. The summed E-state index contributed by atoms with van der Waals surface area (Å²) in [5.74, 6) is -0.291. The van der Waals surface area contributed by atoms with Crippen LogP contribution >= 0.6 is 0 Å². The van der Waals surface area contributed by atoms with Crippen LogP contribution in [0, 0.1) is 5.92 Å². The van der Waals surface area contributed by atoms with Gasteiger partial charge in [0.15, 0.2) is 0 Å². The normalized spacial score (nSPS) is 17.8. The molecule has 2 aromatic rings. The number of carbonyl (C=O) groups is 2. The second-order valence-electron chi connectivity index (χ2n) is 6.91. The molecule has 1 aliphatic heterocycles. The lowest BCUT2D eigenvalue weighted by Gasteiger charge is -2.32. The van der Waals surface area contributed by atoms with Crippen LogP contribution in [0.15, 0.2) is 30.5 Å². The van der Waals surface area contributed by atoms with E-state index >= 15 is 0 Å². The third kappa shape index (κ3) is 4.03.